The minimum absolute atomic E-state index is 0. The van der Waals surface area contributed by atoms with E-state index in [1.807, 2.05) is 13.8 Å². The predicted molar refractivity (Wildman–Crippen MR) is 105 cm³/mol. The molecule has 10 heteroatoms. The molecule has 27 heavy (non-hydrogen) atoms. The van der Waals surface area contributed by atoms with Gasteiger partial charge in [0.25, 0.3) is 5.91 Å². The van der Waals surface area contributed by atoms with Gasteiger partial charge in [0.05, 0.1) is 4.90 Å². The molecule has 0 unspecified atom stereocenters. The Bertz CT molecular complexity index is 773. The fourth-order valence-electron chi connectivity index (χ4n) is 2.60. The number of halogens is 1. The standard InChI is InChI=1S/C17H26N4O4S.ClH/c1-13(22)20-8-10-21(11-9-20)26(24,25)15-6-4-14(5-7-15)16(23)19-17(2,3)12-18;/h4-7H,8-12,18H2,1-3H3,(H,19,23);1H. The van der Waals surface area contributed by atoms with Crippen molar-refractivity contribution in [3.63, 3.8) is 0 Å². The minimum Gasteiger partial charge on any atom is -0.346 e. The van der Waals surface area contributed by atoms with E-state index < -0.39 is 15.6 Å². The number of carbonyl (C=O) groups excluding carboxylic acids is 2. The summed E-state index contributed by atoms with van der Waals surface area (Å²) < 4.78 is 26.8. The van der Waals surface area contributed by atoms with Gasteiger partial charge in [-0.2, -0.15) is 4.31 Å². The largest absolute Gasteiger partial charge is 0.346 e. The van der Waals surface area contributed by atoms with E-state index in [2.05, 4.69) is 5.32 Å². The van der Waals surface area contributed by atoms with Crippen molar-refractivity contribution in [2.45, 2.75) is 31.2 Å². The zero-order valence-corrected chi connectivity index (χ0v) is 17.4. The Morgan fingerprint density at radius 1 is 1.11 bits per heavy atom. The van der Waals surface area contributed by atoms with Crippen molar-refractivity contribution in [3.05, 3.63) is 29.8 Å². The number of piperazine rings is 1. The van der Waals surface area contributed by atoms with Gasteiger partial charge < -0.3 is 16.0 Å². The summed E-state index contributed by atoms with van der Waals surface area (Å²) >= 11 is 0. The summed E-state index contributed by atoms with van der Waals surface area (Å²) in [5, 5.41) is 2.80. The Hall–Kier alpha value is -1.68. The number of hydrogen-bond acceptors (Lipinski definition) is 5. The molecule has 0 spiro atoms. The van der Waals surface area contributed by atoms with Gasteiger partial charge >= 0.3 is 0 Å². The number of sulfonamides is 1. The third-order valence-electron chi connectivity index (χ3n) is 4.40. The van der Waals surface area contributed by atoms with E-state index in [1.165, 1.54) is 35.5 Å². The van der Waals surface area contributed by atoms with Crippen LogP contribution in [0.2, 0.25) is 0 Å². The number of nitrogens with one attached hydrogen (secondary N) is 1. The summed E-state index contributed by atoms with van der Waals surface area (Å²) in [4.78, 5) is 25.3. The molecule has 0 bridgehead atoms. The summed E-state index contributed by atoms with van der Waals surface area (Å²) in [5.74, 6) is -0.364. The SMILES string of the molecule is CC(=O)N1CCN(S(=O)(=O)c2ccc(C(=O)NC(C)(C)CN)cc2)CC1.Cl. The monoisotopic (exact) mass is 418 g/mol. The third kappa shape index (κ3) is 5.65. The number of amides is 2. The second kappa shape index (κ2) is 9.01. The van der Waals surface area contributed by atoms with Gasteiger partial charge in [-0.05, 0) is 38.1 Å². The van der Waals surface area contributed by atoms with Crippen molar-refractivity contribution in [2.24, 2.45) is 5.73 Å². The highest BCUT2D eigenvalue weighted by atomic mass is 35.5. The molecular weight excluding hydrogens is 392 g/mol. The zero-order chi connectivity index (χ0) is 19.5. The van der Waals surface area contributed by atoms with E-state index in [0.29, 0.717) is 18.7 Å². The van der Waals surface area contributed by atoms with E-state index in [0.717, 1.165) is 0 Å². The fraction of sp³-hybridized carbons (Fsp3) is 0.529. The fourth-order valence-corrected chi connectivity index (χ4v) is 4.02. The molecule has 1 fully saturated rings. The van der Waals surface area contributed by atoms with Crippen LogP contribution in [0.15, 0.2) is 29.2 Å². The van der Waals surface area contributed by atoms with E-state index in [9.17, 15) is 18.0 Å². The zero-order valence-electron chi connectivity index (χ0n) is 15.8. The first-order valence-corrected chi connectivity index (χ1v) is 9.89. The molecule has 8 nitrogen and oxygen atoms in total. The molecule has 0 saturated carbocycles. The first kappa shape index (κ1) is 23.4. The lowest BCUT2D eigenvalue weighted by atomic mass is 10.1. The molecule has 1 aromatic carbocycles. The van der Waals surface area contributed by atoms with Crippen LogP contribution < -0.4 is 11.1 Å². The van der Waals surface area contributed by atoms with E-state index in [4.69, 9.17) is 5.73 Å². The second-order valence-electron chi connectivity index (χ2n) is 6.98. The number of rotatable bonds is 5. The normalized spacial score (nSPS) is 15.8. The number of nitrogens with zero attached hydrogens (tertiary/aromatic N) is 2. The Kier molecular flexibility index (Phi) is 7.79. The molecule has 1 aliphatic rings. The molecule has 1 aromatic rings. The number of benzene rings is 1. The molecule has 2 rings (SSSR count). The molecule has 0 aromatic heterocycles. The van der Waals surface area contributed by atoms with Gasteiger partial charge in [0.1, 0.15) is 0 Å². The molecular formula is C17H27ClN4O4S. The first-order chi connectivity index (χ1) is 12.1. The van der Waals surface area contributed by atoms with Crippen LogP contribution in [-0.4, -0.2) is 67.7 Å². The van der Waals surface area contributed by atoms with Crippen molar-refractivity contribution in [2.75, 3.05) is 32.7 Å². The summed E-state index contributed by atoms with van der Waals surface area (Å²) in [5.41, 5.74) is 5.42. The van der Waals surface area contributed by atoms with E-state index in [1.54, 1.807) is 4.90 Å². The van der Waals surface area contributed by atoms with Gasteiger partial charge in [0.2, 0.25) is 15.9 Å². The quantitative estimate of drug-likeness (QED) is 0.719. The molecule has 0 aliphatic carbocycles. The van der Waals surface area contributed by atoms with Crippen LogP contribution >= 0.6 is 12.4 Å². The van der Waals surface area contributed by atoms with Crippen LogP contribution in [0.25, 0.3) is 0 Å². The highest BCUT2D eigenvalue weighted by Gasteiger charge is 2.29. The van der Waals surface area contributed by atoms with Crippen LogP contribution in [-0.2, 0) is 14.8 Å². The van der Waals surface area contributed by atoms with Gasteiger partial charge in [-0.1, -0.05) is 0 Å². The van der Waals surface area contributed by atoms with Crippen molar-refractivity contribution in [3.8, 4) is 0 Å². The van der Waals surface area contributed by atoms with Gasteiger partial charge in [-0.15, -0.1) is 12.4 Å². The van der Waals surface area contributed by atoms with Crippen LogP contribution in [0.4, 0.5) is 0 Å². The number of hydrogen-bond donors (Lipinski definition) is 2. The van der Waals surface area contributed by atoms with Crippen molar-refractivity contribution in [1.82, 2.24) is 14.5 Å². The Morgan fingerprint density at radius 3 is 2.07 bits per heavy atom. The highest BCUT2D eigenvalue weighted by Crippen LogP contribution is 2.18. The Morgan fingerprint density at radius 2 is 1.63 bits per heavy atom. The Balaban J connectivity index is 0.00000364. The van der Waals surface area contributed by atoms with Crippen molar-refractivity contribution >= 4 is 34.2 Å². The molecule has 1 heterocycles. The average molecular weight is 419 g/mol. The first-order valence-electron chi connectivity index (χ1n) is 8.45. The van der Waals surface area contributed by atoms with Gasteiger partial charge in [-0.25, -0.2) is 8.42 Å². The van der Waals surface area contributed by atoms with Crippen LogP contribution in [0.1, 0.15) is 31.1 Å². The summed E-state index contributed by atoms with van der Waals surface area (Å²) in [7, 11) is -3.65. The third-order valence-corrected chi connectivity index (χ3v) is 6.31. The predicted octanol–water partition coefficient (Wildman–Crippen LogP) is 0.428. The summed E-state index contributed by atoms with van der Waals surface area (Å²) in [6, 6.07) is 5.83. The molecule has 1 saturated heterocycles. The lowest BCUT2D eigenvalue weighted by molar-refractivity contribution is -0.129. The van der Waals surface area contributed by atoms with Crippen LogP contribution in [0.3, 0.4) is 0 Å². The Labute approximate surface area is 166 Å². The lowest BCUT2D eigenvalue weighted by Crippen LogP contribution is -2.50. The number of nitrogens with two attached hydrogens (primary N) is 1. The average Bonchev–Trinajstić information content (AvgIpc) is 2.61. The molecule has 0 radical (unpaired) electrons. The maximum absolute atomic E-state index is 12.7. The maximum atomic E-state index is 12.7. The topological polar surface area (TPSA) is 113 Å². The maximum Gasteiger partial charge on any atom is 0.251 e. The van der Waals surface area contributed by atoms with Crippen molar-refractivity contribution in [1.29, 1.82) is 0 Å². The molecule has 2 amide bonds. The van der Waals surface area contributed by atoms with Gasteiger partial charge in [0, 0.05) is 50.7 Å². The van der Waals surface area contributed by atoms with Crippen molar-refractivity contribution < 1.29 is 18.0 Å². The lowest BCUT2D eigenvalue weighted by Gasteiger charge is -2.33. The minimum atomic E-state index is -3.65. The summed E-state index contributed by atoms with van der Waals surface area (Å²) in [6.07, 6.45) is 0. The van der Waals surface area contributed by atoms with Crippen LogP contribution in [0.5, 0.6) is 0 Å². The summed E-state index contributed by atoms with van der Waals surface area (Å²) in [6.45, 7) is 6.66. The van der Waals surface area contributed by atoms with E-state index >= 15 is 0 Å². The highest BCUT2D eigenvalue weighted by molar-refractivity contribution is 7.89. The number of carbonyl (C=O) groups is 2. The second-order valence-corrected chi connectivity index (χ2v) is 8.91. The molecule has 1 aliphatic heterocycles. The van der Waals surface area contributed by atoms with Gasteiger partial charge in [0.15, 0.2) is 0 Å². The van der Waals surface area contributed by atoms with Crippen LogP contribution in [0, 0.1) is 0 Å². The van der Waals surface area contributed by atoms with E-state index in [-0.39, 0.29) is 48.8 Å². The molecule has 3 N–H and O–H groups in total. The van der Waals surface area contributed by atoms with Gasteiger partial charge in [-0.3, -0.25) is 9.59 Å². The molecule has 152 valence electrons. The molecule has 0 atom stereocenters. The smallest absolute Gasteiger partial charge is 0.251 e.